The SMILES string of the molecule is COC(=O)/C(=C\c1ccc(OC)cc1)C(=O)c1cc2ccccc2n1C. The molecule has 0 fully saturated rings. The van der Waals surface area contributed by atoms with Gasteiger partial charge >= 0.3 is 5.97 Å². The number of rotatable bonds is 5. The minimum absolute atomic E-state index is 0.0245. The van der Waals surface area contributed by atoms with Gasteiger partial charge in [0.2, 0.25) is 5.78 Å². The zero-order valence-corrected chi connectivity index (χ0v) is 14.9. The number of nitrogens with zero attached hydrogens (tertiary/aromatic N) is 1. The molecular weight excluding hydrogens is 330 g/mol. The second-order valence-electron chi connectivity index (χ2n) is 5.80. The number of methoxy groups -OCH3 is 2. The lowest BCUT2D eigenvalue weighted by atomic mass is 10.0. The van der Waals surface area contributed by atoms with Crippen molar-refractivity contribution in [1.29, 1.82) is 0 Å². The Morgan fingerprint density at radius 1 is 1.00 bits per heavy atom. The molecule has 132 valence electrons. The molecule has 26 heavy (non-hydrogen) atoms. The topological polar surface area (TPSA) is 57.5 Å². The zero-order valence-electron chi connectivity index (χ0n) is 14.9. The molecule has 0 N–H and O–H groups in total. The van der Waals surface area contributed by atoms with Gasteiger partial charge in [0.05, 0.1) is 19.9 Å². The van der Waals surface area contributed by atoms with Crippen LogP contribution in [0.1, 0.15) is 16.1 Å². The third-order valence-electron chi connectivity index (χ3n) is 4.26. The second-order valence-corrected chi connectivity index (χ2v) is 5.80. The smallest absolute Gasteiger partial charge is 0.341 e. The average molecular weight is 349 g/mol. The number of carbonyl (C=O) groups excluding carboxylic acids is 2. The van der Waals surface area contributed by atoms with Gasteiger partial charge in [-0.15, -0.1) is 0 Å². The van der Waals surface area contributed by atoms with Gasteiger partial charge in [-0.3, -0.25) is 4.79 Å². The predicted octanol–water partition coefficient (Wildman–Crippen LogP) is 3.63. The van der Waals surface area contributed by atoms with E-state index in [2.05, 4.69) is 0 Å². The first kappa shape index (κ1) is 17.5. The molecule has 0 saturated heterocycles. The monoisotopic (exact) mass is 349 g/mol. The fourth-order valence-electron chi connectivity index (χ4n) is 2.84. The number of Topliss-reactive ketones (excluding diaryl/α,β-unsaturated/α-hetero) is 1. The highest BCUT2D eigenvalue weighted by atomic mass is 16.5. The van der Waals surface area contributed by atoms with Gasteiger partial charge in [0.15, 0.2) is 0 Å². The summed E-state index contributed by atoms with van der Waals surface area (Å²) in [6, 6.07) is 16.5. The van der Waals surface area contributed by atoms with E-state index in [1.54, 1.807) is 49.1 Å². The van der Waals surface area contributed by atoms with Gasteiger partial charge in [0, 0.05) is 18.0 Å². The third-order valence-corrected chi connectivity index (χ3v) is 4.26. The molecule has 0 aliphatic rings. The Bertz CT molecular complexity index is 997. The number of hydrogen-bond donors (Lipinski definition) is 0. The Kier molecular flexibility index (Phi) is 4.89. The number of esters is 1. The summed E-state index contributed by atoms with van der Waals surface area (Å²) in [6.07, 6.45) is 1.53. The van der Waals surface area contributed by atoms with Gasteiger partial charge in [-0.1, -0.05) is 30.3 Å². The van der Waals surface area contributed by atoms with Gasteiger partial charge in [-0.2, -0.15) is 0 Å². The molecule has 0 amide bonds. The van der Waals surface area contributed by atoms with E-state index in [1.807, 2.05) is 24.3 Å². The van der Waals surface area contributed by atoms with Crippen LogP contribution in [0.4, 0.5) is 0 Å². The molecule has 0 aliphatic carbocycles. The van der Waals surface area contributed by atoms with Crippen LogP contribution in [0.5, 0.6) is 5.75 Å². The van der Waals surface area contributed by atoms with Crippen molar-refractivity contribution in [2.75, 3.05) is 14.2 Å². The number of ether oxygens (including phenoxy) is 2. The Balaban J connectivity index is 2.06. The molecule has 3 rings (SSSR count). The fraction of sp³-hybridized carbons (Fsp3) is 0.143. The summed E-state index contributed by atoms with van der Waals surface area (Å²) in [5.41, 5.74) is 2.03. The van der Waals surface area contributed by atoms with E-state index in [4.69, 9.17) is 9.47 Å². The minimum atomic E-state index is -0.670. The molecule has 0 aliphatic heterocycles. The summed E-state index contributed by atoms with van der Waals surface area (Å²) in [5, 5.41) is 0.937. The molecule has 2 aromatic carbocycles. The highest BCUT2D eigenvalue weighted by molar-refractivity contribution is 6.27. The predicted molar refractivity (Wildman–Crippen MR) is 100 cm³/mol. The quantitative estimate of drug-likeness (QED) is 0.232. The highest BCUT2D eigenvalue weighted by Gasteiger charge is 2.23. The lowest BCUT2D eigenvalue weighted by molar-refractivity contribution is -0.135. The van der Waals surface area contributed by atoms with Crippen LogP contribution in [0.25, 0.3) is 17.0 Å². The van der Waals surface area contributed by atoms with Crippen molar-refractivity contribution in [2.24, 2.45) is 7.05 Å². The molecular formula is C21H19NO4. The largest absolute Gasteiger partial charge is 0.497 e. The number of hydrogen-bond acceptors (Lipinski definition) is 4. The Labute approximate surface area is 151 Å². The third kappa shape index (κ3) is 3.24. The van der Waals surface area contributed by atoms with Crippen molar-refractivity contribution in [1.82, 2.24) is 4.57 Å². The van der Waals surface area contributed by atoms with Crippen molar-refractivity contribution < 1.29 is 19.1 Å². The van der Waals surface area contributed by atoms with Crippen molar-refractivity contribution in [3.05, 3.63) is 71.4 Å². The molecule has 5 heteroatoms. The van der Waals surface area contributed by atoms with Gasteiger partial charge in [-0.05, 0) is 35.9 Å². The zero-order chi connectivity index (χ0) is 18.7. The first-order valence-electron chi connectivity index (χ1n) is 8.08. The number of para-hydroxylation sites is 1. The number of fused-ring (bicyclic) bond motifs is 1. The summed E-state index contributed by atoms with van der Waals surface area (Å²) < 4.78 is 11.7. The first-order chi connectivity index (χ1) is 12.5. The van der Waals surface area contributed by atoms with Crippen LogP contribution in [-0.4, -0.2) is 30.5 Å². The lowest BCUT2D eigenvalue weighted by Gasteiger charge is -2.07. The number of benzene rings is 2. The van der Waals surface area contributed by atoms with Crippen molar-refractivity contribution in [3.8, 4) is 5.75 Å². The molecule has 0 radical (unpaired) electrons. The maximum Gasteiger partial charge on any atom is 0.341 e. The molecule has 5 nitrogen and oxygen atoms in total. The van der Waals surface area contributed by atoms with Crippen molar-refractivity contribution >= 4 is 28.7 Å². The normalized spacial score (nSPS) is 11.4. The van der Waals surface area contributed by atoms with E-state index in [0.717, 1.165) is 10.9 Å². The maximum absolute atomic E-state index is 13.0. The summed E-state index contributed by atoms with van der Waals surface area (Å²) in [4.78, 5) is 25.3. The average Bonchev–Trinajstić information content (AvgIpc) is 3.02. The van der Waals surface area contributed by atoms with Crippen LogP contribution in [0, 0.1) is 0 Å². The standard InChI is InChI=1S/C21H19NO4/c1-22-18-7-5-4-6-15(18)13-19(22)20(23)17(21(24)26-3)12-14-8-10-16(25-2)11-9-14/h4-13H,1-3H3/b17-12-. The molecule has 1 heterocycles. The summed E-state index contributed by atoms with van der Waals surface area (Å²) in [6.45, 7) is 0. The number of ketones is 1. The molecule has 0 saturated carbocycles. The van der Waals surface area contributed by atoms with Crippen LogP contribution < -0.4 is 4.74 Å². The maximum atomic E-state index is 13.0. The molecule has 3 aromatic rings. The molecule has 0 spiro atoms. The van der Waals surface area contributed by atoms with E-state index in [-0.39, 0.29) is 11.4 Å². The van der Waals surface area contributed by atoms with E-state index >= 15 is 0 Å². The van der Waals surface area contributed by atoms with E-state index < -0.39 is 5.97 Å². The molecule has 1 aromatic heterocycles. The number of carbonyl (C=O) groups is 2. The molecule has 0 bridgehead atoms. The summed E-state index contributed by atoms with van der Waals surface area (Å²) >= 11 is 0. The van der Waals surface area contributed by atoms with E-state index in [0.29, 0.717) is 17.0 Å². The Morgan fingerprint density at radius 3 is 2.31 bits per heavy atom. The van der Waals surface area contributed by atoms with Gasteiger partial charge in [0.1, 0.15) is 11.3 Å². The summed E-state index contributed by atoms with van der Waals surface area (Å²) in [5.74, 6) is -0.357. The van der Waals surface area contributed by atoms with Crippen LogP contribution in [0.2, 0.25) is 0 Å². The fourth-order valence-corrected chi connectivity index (χ4v) is 2.84. The summed E-state index contributed by atoms with van der Waals surface area (Å²) in [7, 11) is 4.64. The minimum Gasteiger partial charge on any atom is -0.497 e. The van der Waals surface area contributed by atoms with Gasteiger partial charge in [-0.25, -0.2) is 4.79 Å². The second kappa shape index (κ2) is 7.27. The van der Waals surface area contributed by atoms with E-state index in [9.17, 15) is 9.59 Å². The van der Waals surface area contributed by atoms with Crippen LogP contribution >= 0.6 is 0 Å². The van der Waals surface area contributed by atoms with E-state index in [1.165, 1.54) is 13.2 Å². The van der Waals surface area contributed by atoms with Gasteiger partial charge in [0.25, 0.3) is 0 Å². The first-order valence-corrected chi connectivity index (χ1v) is 8.08. The van der Waals surface area contributed by atoms with Crippen molar-refractivity contribution in [3.63, 3.8) is 0 Å². The van der Waals surface area contributed by atoms with Crippen molar-refractivity contribution in [2.45, 2.75) is 0 Å². The van der Waals surface area contributed by atoms with Gasteiger partial charge < -0.3 is 14.0 Å². The highest BCUT2D eigenvalue weighted by Crippen LogP contribution is 2.22. The molecule has 0 atom stereocenters. The Morgan fingerprint density at radius 2 is 1.69 bits per heavy atom. The van der Waals surface area contributed by atoms with Crippen LogP contribution in [-0.2, 0) is 16.6 Å². The van der Waals surface area contributed by atoms with Crippen LogP contribution in [0.3, 0.4) is 0 Å². The Hall–Kier alpha value is -3.34. The number of aryl methyl sites for hydroxylation is 1. The number of aromatic nitrogens is 1. The lowest BCUT2D eigenvalue weighted by Crippen LogP contribution is -2.17. The van der Waals surface area contributed by atoms with Crippen LogP contribution in [0.15, 0.2) is 60.2 Å². The molecule has 0 unspecified atom stereocenters.